The number of hydrogen-bond donors (Lipinski definition) is 1. The normalized spacial score (nSPS) is 16.3. The molecule has 0 bridgehead atoms. The van der Waals surface area contributed by atoms with Crippen LogP contribution < -0.4 is 10.1 Å². The maximum atomic E-state index is 5.83. The molecule has 1 N–H and O–H groups in total. The van der Waals surface area contributed by atoms with E-state index in [0.717, 1.165) is 37.7 Å². The van der Waals surface area contributed by atoms with E-state index in [-0.39, 0.29) is 0 Å². The molecule has 1 aliphatic rings. The molecule has 2 nitrogen and oxygen atoms in total. The third kappa shape index (κ3) is 4.54. The van der Waals surface area contributed by atoms with Crippen LogP contribution in [0.4, 0.5) is 0 Å². The third-order valence-electron chi connectivity index (χ3n) is 3.82. The molecule has 2 heteroatoms. The Morgan fingerprint density at radius 1 is 1.26 bits per heavy atom. The molecule has 0 saturated heterocycles. The van der Waals surface area contributed by atoms with Crippen LogP contribution in [0.1, 0.15) is 45.1 Å². The predicted molar refractivity (Wildman–Crippen MR) is 80.7 cm³/mol. The number of ether oxygens (including phenoxy) is 1. The van der Waals surface area contributed by atoms with E-state index >= 15 is 0 Å². The summed E-state index contributed by atoms with van der Waals surface area (Å²) in [6, 6.07) is 9.19. The monoisotopic (exact) mass is 261 g/mol. The highest BCUT2D eigenvalue weighted by Gasteiger charge is 2.30. The molecule has 106 valence electrons. The molecule has 1 aromatic carbocycles. The Labute approximate surface area is 117 Å². The van der Waals surface area contributed by atoms with Crippen LogP contribution in [0, 0.1) is 5.92 Å². The molecule has 1 unspecified atom stereocenters. The van der Waals surface area contributed by atoms with Gasteiger partial charge in [0.2, 0.25) is 0 Å². The molecule has 1 fully saturated rings. The largest absolute Gasteiger partial charge is 0.493 e. The van der Waals surface area contributed by atoms with Crippen LogP contribution in [0.2, 0.25) is 0 Å². The smallest absolute Gasteiger partial charge is 0.122 e. The van der Waals surface area contributed by atoms with E-state index in [2.05, 4.69) is 43.4 Å². The van der Waals surface area contributed by atoms with E-state index in [4.69, 9.17) is 4.74 Å². The first kappa shape index (κ1) is 14.4. The van der Waals surface area contributed by atoms with Crippen molar-refractivity contribution in [2.24, 2.45) is 5.92 Å². The number of nitrogens with one attached hydrogen (secondary N) is 1. The summed E-state index contributed by atoms with van der Waals surface area (Å²) in [5.74, 6) is 2.00. The molecule has 0 radical (unpaired) electrons. The molecule has 0 spiro atoms. The highest BCUT2D eigenvalue weighted by Crippen LogP contribution is 2.35. The van der Waals surface area contributed by atoms with Gasteiger partial charge in [-0.25, -0.2) is 0 Å². The average Bonchev–Trinajstić information content (AvgIpc) is 3.26. The van der Waals surface area contributed by atoms with Gasteiger partial charge in [0.15, 0.2) is 0 Å². The van der Waals surface area contributed by atoms with Gasteiger partial charge in [-0.2, -0.15) is 0 Å². The maximum absolute atomic E-state index is 5.83. The fraction of sp³-hybridized carbons (Fsp3) is 0.647. The van der Waals surface area contributed by atoms with E-state index in [0.29, 0.717) is 6.04 Å². The number of rotatable bonds is 9. The van der Waals surface area contributed by atoms with Gasteiger partial charge in [0.25, 0.3) is 0 Å². The summed E-state index contributed by atoms with van der Waals surface area (Å²) in [4.78, 5) is 0. The second-order valence-corrected chi connectivity index (χ2v) is 5.50. The van der Waals surface area contributed by atoms with Crippen LogP contribution in [0.25, 0.3) is 0 Å². The zero-order chi connectivity index (χ0) is 13.5. The van der Waals surface area contributed by atoms with E-state index in [1.54, 1.807) is 0 Å². The van der Waals surface area contributed by atoms with Gasteiger partial charge in [0.05, 0.1) is 6.61 Å². The van der Waals surface area contributed by atoms with Gasteiger partial charge in [0, 0.05) is 6.04 Å². The molecule has 1 atom stereocenters. The third-order valence-corrected chi connectivity index (χ3v) is 3.82. The summed E-state index contributed by atoms with van der Waals surface area (Å²) in [6.07, 6.45) is 6.23. The van der Waals surface area contributed by atoms with Gasteiger partial charge in [-0.1, -0.05) is 32.0 Å². The van der Waals surface area contributed by atoms with Gasteiger partial charge in [-0.3, -0.25) is 0 Å². The minimum absolute atomic E-state index is 0.698. The molecule has 19 heavy (non-hydrogen) atoms. The van der Waals surface area contributed by atoms with Gasteiger partial charge in [-0.15, -0.1) is 0 Å². The summed E-state index contributed by atoms with van der Waals surface area (Å²) in [6.45, 7) is 6.25. The molecule has 1 aliphatic carbocycles. The van der Waals surface area contributed by atoms with Crippen molar-refractivity contribution in [1.29, 1.82) is 0 Å². The summed E-state index contributed by atoms with van der Waals surface area (Å²) in [7, 11) is 0. The quantitative estimate of drug-likeness (QED) is 0.730. The Balaban J connectivity index is 1.90. The lowest BCUT2D eigenvalue weighted by Crippen LogP contribution is -2.31. The minimum atomic E-state index is 0.698. The summed E-state index contributed by atoms with van der Waals surface area (Å²) in [5, 5.41) is 3.64. The van der Waals surface area contributed by atoms with E-state index in [9.17, 15) is 0 Å². The number of benzene rings is 1. The predicted octanol–water partition coefficient (Wildman–Crippen LogP) is 3.80. The molecular weight excluding hydrogens is 234 g/mol. The Hall–Kier alpha value is -1.02. The minimum Gasteiger partial charge on any atom is -0.493 e. The standard InChI is InChI=1S/C17H27NO/c1-3-13-19-17-8-6-5-7-15(17)11-12-16(18-4-2)14-9-10-14/h5-8,14,16,18H,3-4,9-13H2,1-2H3. The van der Waals surface area contributed by atoms with Crippen LogP contribution >= 0.6 is 0 Å². The summed E-state index contributed by atoms with van der Waals surface area (Å²) >= 11 is 0. The number of hydrogen-bond acceptors (Lipinski definition) is 2. The van der Waals surface area contributed by atoms with Gasteiger partial charge in [-0.05, 0) is 56.2 Å². The Morgan fingerprint density at radius 2 is 2.05 bits per heavy atom. The average molecular weight is 261 g/mol. The summed E-state index contributed by atoms with van der Waals surface area (Å²) in [5.41, 5.74) is 1.36. The maximum Gasteiger partial charge on any atom is 0.122 e. The van der Waals surface area contributed by atoms with Crippen LogP contribution in [0.3, 0.4) is 0 Å². The van der Waals surface area contributed by atoms with E-state index in [1.165, 1.54) is 24.8 Å². The second kappa shape index (κ2) is 7.54. The van der Waals surface area contributed by atoms with Crippen LogP contribution in [-0.4, -0.2) is 19.2 Å². The lowest BCUT2D eigenvalue weighted by atomic mass is 10.0. The van der Waals surface area contributed by atoms with Gasteiger partial charge in [0.1, 0.15) is 5.75 Å². The number of aryl methyl sites for hydroxylation is 1. The van der Waals surface area contributed by atoms with Crippen LogP contribution in [0.15, 0.2) is 24.3 Å². The van der Waals surface area contributed by atoms with Crippen molar-refractivity contribution in [2.45, 2.75) is 52.0 Å². The fourth-order valence-corrected chi connectivity index (χ4v) is 2.64. The Kier molecular flexibility index (Phi) is 5.71. The first-order valence-corrected chi connectivity index (χ1v) is 7.79. The highest BCUT2D eigenvalue weighted by atomic mass is 16.5. The zero-order valence-electron chi connectivity index (χ0n) is 12.3. The van der Waals surface area contributed by atoms with E-state index in [1.807, 2.05) is 0 Å². The highest BCUT2D eigenvalue weighted by molar-refractivity contribution is 5.33. The van der Waals surface area contributed by atoms with Gasteiger partial charge < -0.3 is 10.1 Å². The lowest BCUT2D eigenvalue weighted by molar-refractivity contribution is 0.313. The molecule has 0 heterocycles. The molecular formula is C17H27NO. The van der Waals surface area contributed by atoms with Crippen molar-refractivity contribution >= 4 is 0 Å². The lowest BCUT2D eigenvalue weighted by Gasteiger charge is -2.18. The van der Waals surface area contributed by atoms with Crippen molar-refractivity contribution in [3.8, 4) is 5.75 Å². The second-order valence-electron chi connectivity index (χ2n) is 5.50. The molecule has 1 aromatic rings. The molecule has 1 saturated carbocycles. The SMILES string of the molecule is CCCOc1ccccc1CCC(NCC)C1CC1. The van der Waals surface area contributed by atoms with Crippen LogP contribution in [0.5, 0.6) is 5.75 Å². The van der Waals surface area contributed by atoms with Gasteiger partial charge >= 0.3 is 0 Å². The van der Waals surface area contributed by atoms with E-state index < -0.39 is 0 Å². The first-order chi connectivity index (χ1) is 9.35. The molecule has 0 aromatic heterocycles. The zero-order valence-corrected chi connectivity index (χ0v) is 12.3. The van der Waals surface area contributed by atoms with Crippen LogP contribution in [-0.2, 0) is 6.42 Å². The first-order valence-electron chi connectivity index (χ1n) is 7.79. The van der Waals surface area contributed by atoms with Crippen molar-refractivity contribution in [3.63, 3.8) is 0 Å². The topological polar surface area (TPSA) is 21.3 Å². The Bertz CT molecular complexity index is 373. The summed E-state index contributed by atoms with van der Waals surface area (Å²) < 4.78 is 5.83. The fourth-order valence-electron chi connectivity index (χ4n) is 2.64. The van der Waals surface area contributed by atoms with Crippen molar-refractivity contribution in [3.05, 3.63) is 29.8 Å². The molecule has 2 rings (SSSR count). The molecule has 0 amide bonds. The Morgan fingerprint density at radius 3 is 2.74 bits per heavy atom. The van der Waals surface area contributed by atoms with Crippen molar-refractivity contribution in [1.82, 2.24) is 5.32 Å². The number of para-hydroxylation sites is 1. The van der Waals surface area contributed by atoms with Crippen molar-refractivity contribution in [2.75, 3.05) is 13.2 Å². The molecule has 0 aliphatic heterocycles. The van der Waals surface area contributed by atoms with Crippen molar-refractivity contribution < 1.29 is 4.74 Å².